The minimum Gasteiger partial charge on any atom is -0.312 e. The van der Waals surface area contributed by atoms with Crippen molar-refractivity contribution in [2.45, 2.75) is 33.7 Å². The van der Waals surface area contributed by atoms with Gasteiger partial charge in [0.25, 0.3) is 0 Å². The van der Waals surface area contributed by atoms with Crippen LogP contribution in [0.3, 0.4) is 0 Å². The predicted octanol–water partition coefficient (Wildman–Crippen LogP) is 3.95. The van der Waals surface area contributed by atoms with Crippen molar-refractivity contribution in [2.24, 2.45) is 5.92 Å². The summed E-state index contributed by atoms with van der Waals surface area (Å²) >= 11 is 2.04. The molecule has 0 amide bonds. The van der Waals surface area contributed by atoms with Gasteiger partial charge in [-0.05, 0) is 38.1 Å². The second-order valence-corrected chi connectivity index (χ2v) is 6.27. The fourth-order valence-electron chi connectivity index (χ4n) is 1.98. The highest BCUT2D eigenvalue weighted by atomic mass is 32.2. The van der Waals surface area contributed by atoms with Crippen LogP contribution in [-0.2, 0) is 0 Å². The van der Waals surface area contributed by atoms with E-state index in [4.69, 9.17) is 0 Å². The fraction of sp³-hybridized carbons (Fsp3) is 0.600. The van der Waals surface area contributed by atoms with Gasteiger partial charge in [-0.1, -0.05) is 43.2 Å². The smallest absolute Gasteiger partial charge is 0.0409 e. The first-order valence-corrected chi connectivity index (χ1v) is 7.51. The van der Waals surface area contributed by atoms with Crippen molar-refractivity contribution in [1.29, 1.82) is 0 Å². The van der Waals surface area contributed by atoms with Crippen molar-refractivity contribution >= 4 is 11.8 Å². The third-order valence-electron chi connectivity index (χ3n) is 2.73. The van der Waals surface area contributed by atoms with Gasteiger partial charge >= 0.3 is 0 Å². The molecule has 0 bridgehead atoms. The lowest BCUT2D eigenvalue weighted by atomic mass is 10.0. The van der Waals surface area contributed by atoms with Crippen LogP contribution in [0.2, 0.25) is 0 Å². The molecule has 0 aliphatic rings. The summed E-state index contributed by atoms with van der Waals surface area (Å²) in [5.74, 6) is 3.16. The molecule has 0 saturated heterocycles. The molecule has 1 nitrogen and oxygen atoms in total. The van der Waals surface area contributed by atoms with Crippen LogP contribution in [0.4, 0.5) is 0 Å². The largest absolute Gasteiger partial charge is 0.312 e. The van der Waals surface area contributed by atoms with Gasteiger partial charge in [0, 0.05) is 11.8 Å². The van der Waals surface area contributed by atoms with Crippen LogP contribution in [0.5, 0.6) is 0 Å². The number of nitrogens with one attached hydrogen (secondary N) is 1. The molecule has 1 rings (SSSR count). The quantitative estimate of drug-likeness (QED) is 0.821. The third kappa shape index (κ3) is 5.13. The van der Waals surface area contributed by atoms with Crippen molar-refractivity contribution in [3.05, 3.63) is 34.9 Å². The van der Waals surface area contributed by atoms with E-state index in [2.05, 4.69) is 58.3 Å². The minimum absolute atomic E-state index is 0.470. The van der Waals surface area contributed by atoms with E-state index in [1.807, 2.05) is 11.8 Å². The van der Waals surface area contributed by atoms with Crippen molar-refractivity contribution < 1.29 is 0 Å². The molecular weight excluding hydrogens is 226 g/mol. The van der Waals surface area contributed by atoms with E-state index >= 15 is 0 Å². The number of hydrogen-bond donors (Lipinski definition) is 1. The summed E-state index contributed by atoms with van der Waals surface area (Å²) in [4.78, 5) is 0. The van der Waals surface area contributed by atoms with Gasteiger partial charge in [0.2, 0.25) is 0 Å². The summed E-state index contributed by atoms with van der Waals surface area (Å²) in [5.41, 5.74) is 4.13. The number of hydrogen-bond acceptors (Lipinski definition) is 2. The zero-order valence-electron chi connectivity index (χ0n) is 11.7. The highest BCUT2D eigenvalue weighted by molar-refractivity contribution is 7.99. The van der Waals surface area contributed by atoms with Gasteiger partial charge in [-0.15, -0.1) is 0 Å². The van der Waals surface area contributed by atoms with E-state index in [1.165, 1.54) is 22.4 Å². The molecule has 1 aromatic carbocycles. The highest BCUT2D eigenvalue weighted by Gasteiger charge is 2.10. The Morgan fingerprint density at radius 3 is 2.12 bits per heavy atom. The summed E-state index contributed by atoms with van der Waals surface area (Å²) in [6.07, 6.45) is 0. The number of rotatable bonds is 6. The molecule has 0 aliphatic carbocycles. The zero-order valence-corrected chi connectivity index (χ0v) is 12.5. The van der Waals surface area contributed by atoms with E-state index in [0.717, 1.165) is 11.7 Å². The summed E-state index contributed by atoms with van der Waals surface area (Å²) in [7, 11) is 2.05. The Bertz CT molecular complexity index is 327. The van der Waals surface area contributed by atoms with Gasteiger partial charge in [0.15, 0.2) is 0 Å². The Hall–Kier alpha value is -0.470. The molecule has 1 aromatic rings. The lowest BCUT2D eigenvalue weighted by molar-refractivity contribution is 0.658. The van der Waals surface area contributed by atoms with Crippen molar-refractivity contribution in [1.82, 2.24) is 5.32 Å². The molecule has 0 aliphatic heterocycles. The Kier molecular flexibility index (Phi) is 6.07. The van der Waals surface area contributed by atoms with Crippen LogP contribution in [0.25, 0.3) is 0 Å². The van der Waals surface area contributed by atoms with Crippen LogP contribution in [-0.4, -0.2) is 18.6 Å². The first kappa shape index (κ1) is 14.6. The molecular formula is C15H25NS. The Balaban J connectivity index is 2.65. The lowest BCUT2D eigenvalue weighted by Gasteiger charge is -2.18. The zero-order chi connectivity index (χ0) is 12.8. The van der Waals surface area contributed by atoms with Crippen molar-refractivity contribution in [3.63, 3.8) is 0 Å². The molecule has 1 unspecified atom stereocenters. The predicted molar refractivity (Wildman–Crippen MR) is 79.9 cm³/mol. The lowest BCUT2D eigenvalue weighted by Crippen LogP contribution is -2.19. The standard InChI is InChI=1S/C15H25NS/c1-11(2)9-17-10-15(16-5)14-7-12(3)6-13(4)8-14/h6-8,11,15-16H,9-10H2,1-5H3. The first-order chi connectivity index (χ1) is 8.02. The first-order valence-electron chi connectivity index (χ1n) is 6.36. The minimum atomic E-state index is 0.470. The van der Waals surface area contributed by atoms with Crippen LogP contribution >= 0.6 is 11.8 Å². The van der Waals surface area contributed by atoms with Gasteiger partial charge in [-0.2, -0.15) is 11.8 Å². The van der Waals surface area contributed by atoms with Crippen LogP contribution in [0.1, 0.15) is 36.6 Å². The van der Waals surface area contributed by atoms with Gasteiger partial charge in [-0.3, -0.25) is 0 Å². The Morgan fingerprint density at radius 1 is 1.06 bits per heavy atom. The van der Waals surface area contributed by atoms with Gasteiger partial charge in [-0.25, -0.2) is 0 Å². The van der Waals surface area contributed by atoms with E-state index in [1.54, 1.807) is 0 Å². The van der Waals surface area contributed by atoms with Crippen molar-refractivity contribution in [3.8, 4) is 0 Å². The number of thioether (sulfide) groups is 1. The maximum absolute atomic E-state index is 3.43. The second kappa shape index (κ2) is 7.07. The van der Waals surface area contributed by atoms with E-state index < -0.39 is 0 Å². The normalized spacial score (nSPS) is 13.1. The van der Waals surface area contributed by atoms with Crippen LogP contribution < -0.4 is 5.32 Å². The molecule has 0 heterocycles. The molecule has 0 saturated carbocycles. The molecule has 96 valence electrons. The summed E-state index contributed by atoms with van der Waals surface area (Å²) in [5, 5.41) is 3.43. The fourth-order valence-corrected chi connectivity index (χ4v) is 3.18. The third-order valence-corrected chi connectivity index (χ3v) is 4.20. The molecule has 0 radical (unpaired) electrons. The van der Waals surface area contributed by atoms with Gasteiger partial charge < -0.3 is 5.32 Å². The second-order valence-electron chi connectivity index (χ2n) is 5.19. The average molecular weight is 251 g/mol. The molecule has 0 fully saturated rings. The summed E-state index contributed by atoms with van der Waals surface area (Å²) in [6.45, 7) is 8.89. The Morgan fingerprint density at radius 2 is 1.65 bits per heavy atom. The molecule has 0 spiro atoms. The van der Waals surface area contributed by atoms with E-state index in [9.17, 15) is 0 Å². The summed E-state index contributed by atoms with van der Waals surface area (Å²) < 4.78 is 0. The number of benzene rings is 1. The van der Waals surface area contributed by atoms with E-state index in [-0.39, 0.29) is 0 Å². The van der Waals surface area contributed by atoms with E-state index in [0.29, 0.717) is 6.04 Å². The van der Waals surface area contributed by atoms with Crippen LogP contribution in [0, 0.1) is 19.8 Å². The number of aryl methyl sites for hydroxylation is 2. The molecule has 1 atom stereocenters. The van der Waals surface area contributed by atoms with Gasteiger partial charge in [0.1, 0.15) is 0 Å². The van der Waals surface area contributed by atoms with Gasteiger partial charge in [0.05, 0.1) is 0 Å². The maximum atomic E-state index is 3.43. The monoisotopic (exact) mass is 251 g/mol. The van der Waals surface area contributed by atoms with Crippen LogP contribution in [0.15, 0.2) is 18.2 Å². The molecule has 17 heavy (non-hydrogen) atoms. The Labute approximate surface area is 110 Å². The SMILES string of the molecule is CNC(CSCC(C)C)c1cc(C)cc(C)c1. The van der Waals surface area contributed by atoms with Crippen molar-refractivity contribution in [2.75, 3.05) is 18.6 Å². The molecule has 0 aromatic heterocycles. The topological polar surface area (TPSA) is 12.0 Å². The summed E-state index contributed by atoms with van der Waals surface area (Å²) in [6, 6.07) is 7.29. The molecule has 2 heteroatoms. The highest BCUT2D eigenvalue weighted by Crippen LogP contribution is 2.21. The molecule has 1 N–H and O–H groups in total. The maximum Gasteiger partial charge on any atom is 0.0409 e. The average Bonchev–Trinajstić information content (AvgIpc) is 2.22.